The Labute approximate surface area is 275 Å². The van der Waals surface area contributed by atoms with Crippen molar-refractivity contribution in [2.75, 3.05) is 25.1 Å². The van der Waals surface area contributed by atoms with Crippen LogP contribution in [0.25, 0.3) is 0 Å². The number of ether oxygens (including phenoxy) is 2. The summed E-state index contributed by atoms with van der Waals surface area (Å²) in [6.45, 7) is 14.1. The Hall–Kier alpha value is -4.63. The molecule has 1 saturated heterocycles. The zero-order valence-corrected chi connectivity index (χ0v) is 27.5. The summed E-state index contributed by atoms with van der Waals surface area (Å²) < 4.78 is 11.4. The van der Waals surface area contributed by atoms with Crippen LogP contribution in [0.15, 0.2) is 79.9 Å². The van der Waals surface area contributed by atoms with Crippen molar-refractivity contribution in [2.24, 2.45) is 0 Å². The topological polar surface area (TPSA) is 101 Å². The predicted molar refractivity (Wildman–Crippen MR) is 181 cm³/mol. The first-order valence-electron chi connectivity index (χ1n) is 15.2. The van der Waals surface area contributed by atoms with Crippen molar-refractivity contribution in [2.45, 2.75) is 58.2 Å². The van der Waals surface area contributed by atoms with Crippen molar-refractivity contribution < 1.29 is 23.9 Å². The van der Waals surface area contributed by atoms with Crippen LogP contribution in [-0.2, 0) is 28.9 Å². The van der Waals surface area contributed by atoms with E-state index in [-0.39, 0.29) is 35.5 Å². The molecule has 1 aliphatic rings. The van der Waals surface area contributed by atoms with Crippen LogP contribution in [0.3, 0.4) is 0 Å². The summed E-state index contributed by atoms with van der Waals surface area (Å²) in [5.41, 5.74) is 4.27. The molecule has 10 heteroatoms. The van der Waals surface area contributed by atoms with Crippen LogP contribution in [0.1, 0.15) is 59.3 Å². The molecule has 1 aliphatic heterocycles. The van der Waals surface area contributed by atoms with E-state index < -0.39 is 24.1 Å². The van der Waals surface area contributed by atoms with Crippen molar-refractivity contribution >= 4 is 35.3 Å². The number of carbonyl (C=O) groups is 3. The molecule has 0 saturated carbocycles. The highest BCUT2D eigenvalue weighted by molar-refractivity contribution is 6.30. The van der Waals surface area contributed by atoms with E-state index in [1.54, 1.807) is 24.2 Å². The first-order valence-corrected chi connectivity index (χ1v) is 15.6. The molecule has 2 atom stereocenters. The van der Waals surface area contributed by atoms with Crippen LogP contribution in [0.4, 0.5) is 10.6 Å². The van der Waals surface area contributed by atoms with E-state index in [9.17, 15) is 14.4 Å². The molecule has 1 aromatic heterocycles. The molecule has 46 heavy (non-hydrogen) atoms. The second-order valence-corrected chi connectivity index (χ2v) is 12.0. The molecular formula is C36H41ClN4O5. The first-order chi connectivity index (χ1) is 22.0. The molecule has 3 aromatic rings. The Morgan fingerprint density at radius 2 is 1.93 bits per heavy atom. The quantitative estimate of drug-likeness (QED) is 0.159. The number of amides is 3. The molecule has 1 N–H and O–H groups in total. The third-order valence-corrected chi connectivity index (χ3v) is 8.04. The summed E-state index contributed by atoms with van der Waals surface area (Å²) in [6.07, 6.45) is 3.25. The average molecular weight is 645 g/mol. The van der Waals surface area contributed by atoms with Crippen LogP contribution in [-0.4, -0.2) is 60.1 Å². The standard InChI is InChI=1S/C36H41ClN4O5/c1-7-10-28-16-25(13-14-31(28)45-6)18-30(32-22-40(36(44)46-32)21-26-11-9-12-27(17-26)23(3)4)38-35(43)29-19-33(37)39-34(20-29)41(15-8-2)24(5)42/h7-9,11-14,16-17,19-20,23,30,32H,1-2,10,15,18,21-22H2,3-6H3,(H,38,43). The second-order valence-electron chi connectivity index (χ2n) is 11.6. The Kier molecular flexibility index (Phi) is 11.6. The fourth-order valence-corrected chi connectivity index (χ4v) is 5.67. The van der Waals surface area contributed by atoms with Gasteiger partial charge in [0.25, 0.3) is 5.91 Å². The van der Waals surface area contributed by atoms with E-state index >= 15 is 0 Å². The number of hydrogen-bond acceptors (Lipinski definition) is 6. The third kappa shape index (κ3) is 8.54. The lowest BCUT2D eigenvalue weighted by atomic mass is 9.97. The largest absolute Gasteiger partial charge is 0.496 e. The van der Waals surface area contributed by atoms with Gasteiger partial charge in [-0.1, -0.05) is 74.0 Å². The van der Waals surface area contributed by atoms with Gasteiger partial charge in [-0.05, 0) is 59.2 Å². The number of pyridine rings is 1. The summed E-state index contributed by atoms with van der Waals surface area (Å²) in [6, 6.07) is 16.3. The van der Waals surface area contributed by atoms with Gasteiger partial charge in [0.15, 0.2) is 0 Å². The number of cyclic esters (lactones) is 1. The minimum absolute atomic E-state index is 0.0563. The molecule has 2 aromatic carbocycles. The van der Waals surface area contributed by atoms with Crippen molar-refractivity contribution in [3.8, 4) is 5.75 Å². The normalized spacial score (nSPS) is 14.9. The van der Waals surface area contributed by atoms with Gasteiger partial charge in [-0.25, -0.2) is 9.78 Å². The van der Waals surface area contributed by atoms with E-state index in [2.05, 4.69) is 49.4 Å². The maximum absolute atomic E-state index is 13.8. The van der Waals surface area contributed by atoms with Gasteiger partial charge < -0.3 is 19.7 Å². The highest BCUT2D eigenvalue weighted by atomic mass is 35.5. The SMILES string of the molecule is C=CCc1cc(CC(NC(=O)c2cc(Cl)nc(N(CC=C)C(C)=O)c2)C2CN(Cc3cccc(C(C)C)c3)C(=O)O2)ccc1OC. The Balaban J connectivity index is 1.63. The molecule has 0 bridgehead atoms. The fourth-order valence-electron chi connectivity index (χ4n) is 5.46. The van der Waals surface area contributed by atoms with Crippen LogP contribution < -0.4 is 15.0 Å². The molecule has 3 amide bonds. The van der Waals surface area contributed by atoms with E-state index in [4.69, 9.17) is 21.1 Å². The molecule has 0 spiro atoms. The molecule has 9 nitrogen and oxygen atoms in total. The van der Waals surface area contributed by atoms with Gasteiger partial charge in [-0.15, -0.1) is 13.2 Å². The summed E-state index contributed by atoms with van der Waals surface area (Å²) in [5.74, 6) is 0.602. The number of benzene rings is 2. The van der Waals surface area contributed by atoms with Crippen molar-refractivity contribution in [3.63, 3.8) is 0 Å². The molecule has 4 rings (SSSR count). The molecule has 0 aliphatic carbocycles. The first kappa shape index (κ1) is 34.2. The molecule has 242 valence electrons. The lowest BCUT2D eigenvalue weighted by Gasteiger charge is -2.25. The zero-order chi connectivity index (χ0) is 33.4. The molecule has 2 unspecified atom stereocenters. The minimum Gasteiger partial charge on any atom is -0.496 e. The summed E-state index contributed by atoms with van der Waals surface area (Å²) in [4.78, 5) is 46.4. The van der Waals surface area contributed by atoms with Gasteiger partial charge in [0.2, 0.25) is 5.91 Å². The monoisotopic (exact) mass is 644 g/mol. The van der Waals surface area contributed by atoms with Gasteiger partial charge in [0.1, 0.15) is 22.8 Å². The summed E-state index contributed by atoms with van der Waals surface area (Å²) in [7, 11) is 1.62. The van der Waals surface area contributed by atoms with Crippen molar-refractivity contribution in [1.29, 1.82) is 0 Å². The van der Waals surface area contributed by atoms with Crippen molar-refractivity contribution in [3.05, 3.63) is 113 Å². The number of nitrogens with zero attached hydrogens (tertiary/aromatic N) is 3. The fraction of sp³-hybridized carbons (Fsp3) is 0.333. The number of anilines is 1. The third-order valence-electron chi connectivity index (χ3n) is 7.84. The Bertz CT molecular complexity index is 1610. The number of carbonyl (C=O) groups excluding carboxylic acids is 3. The summed E-state index contributed by atoms with van der Waals surface area (Å²) >= 11 is 6.31. The lowest BCUT2D eigenvalue weighted by Crippen LogP contribution is -2.46. The van der Waals surface area contributed by atoms with Gasteiger partial charge in [0.05, 0.1) is 19.7 Å². The van der Waals surface area contributed by atoms with Crippen LogP contribution in [0, 0.1) is 0 Å². The number of nitrogens with one attached hydrogen (secondary N) is 1. The number of aromatic nitrogens is 1. The molecule has 1 fully saturated rings. The second kappa shape index (κ2) is 15.6. The van der Waals surface area contributed by atoms with Crippen LogP contribution >= 0.6 is 11.6 Å². The maximum Gasteiger partial charge on any atom is 0.410 e. The Morgan fingerprint density at radius 3 is 2.61 bits per heavy atom. The van der Waals surface area contributed by atoms with Crippen LogP contribution in [0.2, 0.25) is 5.15 Å². The van der Waals surface area contributed by atoms with Gasteiger partial charge in [0, 0.05) is 25.6 Å². The molecular weight excluding hydrogens is 604 g/mol. The van der Waals surface area contributed by atoms with Gasteiger partial charge in [-0.2, -0.15) is 0 Å². The number of methoxy groups -OCH3 is 1. The Morgan fingerprint density at radius 1 is 1.15 bits per heavy atom. The number of allylic oxidation sites excluding steroid dienone is 1. The van der Waals surface area contributed by atoms with Crippen LogP contribution in [0.5, 0.6) is 5.75 Å². The van der Waals surface area contributed by atoms with E-state index in [0.717, 1.165) is 22.4 Å². The minimum atomic E-state index is -0.638. The highest BCUT2D eigenvalue weighted by Crippen LogP contribution is 2.26. The average Bonchev–Trinajstić information content (AvgIpc) is 3.38. The number of hydrogen-bond donors (Lipinski definition) is 1. The van der Waals surface area contributed by atoms with E-state index in [0.29, 0.717) is 25.3 Å². The summed E-state index contributed by atoms with van der Waals surface area (Å²) in [5, 5.41) is 3.14. The molecule has 0 radical (unpaired) electrons. The maximum atomic E-state index is 13.8. The highest BCUT2D eigenvalue weighted by Gasteiger charge is 2.38. The lowest BCUT2D eigenvalue weighted by molar-refractivity contribution is -0.116. The molecule has 2 heterocycles. The van der Waals surface area contributed by atoms with Crippen molar-refractivity contribution in [1.82, 2.24) is 15.2 Å². The van der Waals surface area contributed by atoms with E-state index in [1.165, 1.54) is 29.5 Å². The smallest absolute Gasteiger partial charge is 0.410 e. The number of rotatable bonds is 14. The number of halogens is 1. The zero-order valence-electron chi connectivity index (χ0n) is 26.8. The van der Waals surface area contributed by atoms with E-state index in [1.807, 2.05) is 30.3 Å². The predicted octanol–water partition coefficient (Wildman–Crippen LogP) is 6.50. The van der Waals surface area contributed by atoms with Gasteiger partial charge >= 0.3 is 6.09 Å². The van der Waals surface area contributed by atoms with Gasteiger partial charge in [-0.3, -0.25) is 14.5 Å².